The topological polar surface area (TPSA) is 61.4 Å². The molecule has 1 aliphatic heterocycles. The Labute approximate surface area is 171 Å². The maximum atomic E-state index is 12.7. The standard InChI is InChI=1S/C23H25N5O/c1-17-6-7-21(18(2)13-17)26-23(29)19-14-20(16-24-15-19)27-9-11-28(12-10-27)22-5-3-4-8-25-22/h3-8,13-16H,9-12H2,1-2H3,(H,26,29). The molecule has 4 rings (SSSR count). The molecule has 6 heteroatoms. The second-order valence-corrected chi connectivity index (χ2v) is 7.37. The first-order valence-corrected chi connectivity index (χ1v) is 9.85. The van der Waals surface area contributed by atoms with Gasteiger partial charge in [-0.1, -0.05) is 23.8 Å². The molecule has 1 N–H and O–H groups in total. The molecule has 0 aliphatic carbocycles. The Bertz CT molecular complexity index is 997. The molecule has 1 amide bonds. The quantitative estimate of drug-likeness (QED) is 0.740. The van der Waals surface area contributed by atoms with Crippen LogP contribution in [0.1, 0.15) is 21.5 Å². The van der Waals surface area contributed by atoms with E-state index in [4.69, 9.17) is 0 Å². The fourth-order valence-corrected chi connectivity index (χ4v) is 3.61. The molecule has 0 unspecified atom stereocenters. The molecule has 148 valence electrons. The molecule has 1 aromatic carbocycles. The minimum atomic E-state index is -0.140. The number of amides is 1. The minimum Gasteiger partial charge on any atom is -0.367 e. The predicted molar refractivity (Wildman–Crippen MR) is 117 cm³/mol. The van der Waals surface area contributed by atoms with Crippen LogP contribution in [-0.4, -0.2) is 42.1 Å². The highest BCUT2D eigenvalue weighted by Crippen LogP contribution is 2.21. The highest BCUT2D eigenvalue weighted by atomic mass is 16.1. The van der Waals surface area contributed by atoms with Gasteiger partial charge in [0, 0.05) is 44.3 Å². The maximum Gasteiger partial charge on any atom is 0.257 e. The third-order valence-corrected chi connectivity index (χ3v) is 5.23. The summed E-state index contributed by atoms with van der Waals surface area (Å²) in [5.41, 5.74) is 4.59. The molecule has 0 saturated carbocycles. The van der Waals surface area contributed by atoms with Gasteiger partial charge in [-0.05, 0) is 43.7 Å². The van der Waals surface area contributed by atoms with E-state index in [1.54, 1.807) is 6.20 Å². The summed E-state index contributed by atoms with van der Waals surface area (Å²) in [5, 5.41) is 3.00. The molecule has 2 aromatic heterocycles. The first-order valence-electron chi connectivity index (χ1n) is 9.85. The number of nitrogens with zero attached hydrogens (tertiary/aromatic N) is 4. The van der Waals surface area contributed by atoms with Crippen LogP contribution in [0.4, 0.5) is 17.2 Å². The van der Waals surface area contributed by atoms with Crippen molar-refractivity contribution < 1.29 is 4.79 Å². The Hall–Kier alpha value is -3.41. The molecule has 0 atom stereocenters. The molecular weight excluding hydrogens is 362 g/mol. The number of carbonyl (C=O) groups excluding carboxylic acids is 1. The Morgan fingerprint density at radius 1 is 0.966 bits per heavy atom. The van der Waals surface area contributed by atoms with Crippen LogP contribution in [0.15, 0.2) is 61.1 Å². The zero-order valence-corrected chi connectivity index (χ0v) is 16.8. The SMILES string of the molecule is Cc1ccc(NC(=O)c2cncc(N3CCN(c4ccccn4)CC3)c2)c(C)c1. The van der Waals surface area contributed by atoms with Crippen LogP contribution in [-0.2, 0) is 0 Å². The van der Waals surface area contributed by atoms with Crippen molar-refractivity contribution in [3.05, 3.63) is 77.7 Å². The van der Waals surface area contributed by atoms with Crippen molar-refractivity contribution in [3.63, 3.8) is 0 Å². The number of hydrogen-bond donors (Lipinski definition) is 1. The van der Waals surface area contributed by atoms with E-state index in [2.05, 4.69) is 31.2 Å². The number of hydrogen-bond acceptors (Lipinski definition) is 5. The second-order valence-electron chi connectivity index (χ2n) is 7.37. The molecular formula is C23H25N5O. The van der Waals surface area contributed by atoms with Crippen LogP contribution >= 0.6 is 0 Å². The number of rotatable bonds is 4. The molecule has 1 aliphatic rings. The molecule has 3 heterocycles. The molecule has 29 heavy (non-hydrogen) atoms. The van der Waals surface area contributed by atoms with Gasteiger partial charge in [-0.25, -0.2) is 4.98 Å². The van der Waals surface area contributed by atoms with Crippen LogP contribution in [0, 0.1) is 13.8 Å². The van der Waals surface area contributed by atoms with E-state index in [-0.39, 0.29) is 5.91 Å². The van der Waals surface area contributed by atoms with Crippen LogP contribution in [0.5, 0.6) is 0 Å². The van der Waals surface area contributed by atoms with E-state index in [0.717, 1.165) is 48.9 Å². The van der Waals surface area contributed by atoms with E-state index in [0.29, 0.717) is 5.56 Å². The lowest BCUT2D eigenvalue weighted by Crippen LogP contribution is -2.46. The molecule has 0 spiro atoms. The Morgan fingerprint density at radius 2 is 1.76 bits per heavy atom. The summed E-state index contributed by atoms with van der Waals surface area (Å²) >= 11 is 0. The van der Waals surface area contributed by atoms with Gasteiger partial charge in [-0.3, -0.25) is 9.78 Å². The van der Waals surface area contributed by atoms with Gasteiger partial charge in [0.15, 0.2) is 0 Å². The Morgan fingerprint density at radius 3 is 2.48 bits per heavy atom. The van der Waals surface area contributed by atoms with Gasteiger partial charge in [0.2, 0.25) is 0 Å². The van der Waals surface area contributed by atoms with E-state index < -0.39 is 0 Å². The highest BCUT2D eigenvalue weighted by molar-refractivity contribution is 6.05. The van der Waals surface area contributed by atoms with Crippen molar-refractivity contribution >= 4 is 23.1 Å². The summed E-state index contributed by atoms with van der Waals surface area (Å²) in [7, 11) is 0. The number of pyridine rings is 2. The summed E-state index contributed by atoms with van der Waals surface area (Å²) < 4.78 is 0. The predicted octanol–water partition coefficient (Wildman–Crippen LogP) is 3.67. The normalized spacial score (nSPS) is 14.0. The van der Waals surface area contributed by atoms with Crippen molar-refractivity contribution in [1.29, 1.82) is 0 Å². The average Bonchev–Trinajstić information content (AvgIpc) is 2.76. The molecule has 3 aromatic rings. The van der Waals surface area contributed by atoms with E-state index in [9.17, 15) is 4.79 Å². The number of nitrogens with one attached hydrogen (secondary N) is 1. The molecule has 1 fully saturated rings. The number of benzene rings is 1. The van der Waals surface area contributed by atoms with Gasteiger partial charge >= 0.3 is 0 Å². The minimum absolute atomic E-state index is 0.140. The Kier molecular flexibility index (Phi) is 5.42. The van der Waals surface area contributed by atoms with Crippen LogP contribution < -0.4 is 15.1 Å². The van der Waals surface area contributed by atoms with E-state index in [1.165, 1.54) is 5.56 Å². The van der Waals surface area contributed by atoms with Crippen LogP contribution in [0.25, 0.3) is 0 Å². The van der Waals surface area contributed by atoms with Crippen LogP contribution in [0.2, 0.25) is 0 Å². The fraction of sp³-hybridized carbons (Fsp3) is 0.261. The molecule has 1 saturated heterocycles. The summed E-state index contributed by atoms with van der Waals surface area (Å²) in [6.07, 6.45) is 5.26. The summed E-state index contributed by atoms with van der Waals surface area (Å²) in [5.74, 6) is 0.866. The van der Waals surface area contributed by atoms with Gasteiger partial charge in [0.25, 0.3) is 5.91 Å². The number of aryl methyl sites for hydroxylation is 2. The first kappa shape index (κ1) is 18.9. The maximum absolute atomic E-state index is 12.7. The van der Waals surface area contributed by atoms with Gasteiger partial charge in [0.1, 0.15) is 5.82 Å². The Balaban J connectivity index is 1.43. The molecule has 6 nitrogen and oxygen atoms in total. The van der Waals surface area contributed by atoms with Gasteiger partial charge in [-0.15, -0.1) is 0 Å². The fourth-order valence-electron chi connectivity index (χ4n) is 3.61. The second kappa shape index (κ2) is 8.31. The van der Waals surface area contributed by atoms with E-state index >= 15 is 0 Å². The smallest absolute Gasteiger partial charge is 0.257 e. The summed E-state index contributed by atoms with van der Waals surface area (Å²) in [6.45, 7) is 7.53. The highest BCUT2D eigenvalue weighted by Gasteiger charge is 2.19. The third kappa shape index (κ3) is 4.37. The lowest BCUT2D eigenvalue weighted by Gasteiger charge is -2.36. The van der Waals surface area contributed by atoms with E-state index in [1.807, 2.05) is 62.6 Å². The van der Waals surface area contributed by atoms with Gasteiger partial charge in [0.05, 0.1) is 17.4 Å². The monoisotopic (exact) mass is 387 g/mol. The van der Waals surface area contributed by atoms with Crippen molar-refractivity contribution in [3.8, 4) is 0 Å². The number of aromatic nitrogens is 2. The largest absolute Gasteiger partial charge is 0.367 e. The van der Waals surface area contributed by atoms with Crippen molar-refractivity contribution in [2.45, 2.75) is 13.8 Å². The number of piperazine rings is 1. The zero-order valence-electron chi connectivity index (χ0n) is 16.8. The van der Waals surface area contributed by atoms with Crippen molar-refractivity contribution in [1.82, 2.24) is 9.97 Å². The van der Waals surface area contributed by atoms with Crippen LogP contribution in [0.3, 0.4) is 0 Å². The molecule has 0 radical (unpaired) electrons. The third-order valence-electron chi connectivity index (χ3n) is 5.23. The lowest BCUT2D eigenvalue weighted by atomic mass is 10.1. The van der Waals surface area contributed by atoms with Gasteiger partial charge in [-0.2, -0.15) is 0 Å². The summed E-state index contributed by atoms with van der Waals surface area (Å²) in [6, 6.07) is 13.9. The lowest BCUT2D eigenvalue weighted by molar-refractivity contribution is 0.102. The van der Waals surface area contributed by atoms with Crippen molar-refractivity contribution in [2.75, 3.05) is 41.3 Å². The number of carbonyl (C=O) groups is 1. The molecule has 0 bridgehead atoms. The number of anilines is 3. The van der Waals surface area contributed by atoms with Gasteiger partial charge < -0.3 is 15.1 Å². The zero-order chi connectivity index (χ0) is 20.2. The summed E-state index contributed by atoms with van der Waals surface area (Å²) in [4.78, 5) is 26.0. The average molecular weight is 387 g/mol. The van der Waals surface area contributed by atoms with Crippen molar-refractivity contribution in [2.24, 2.45) is 0 Å². The first-order chi connectivity index (χ1) is 14.1.